The summed E-state index contributed by atoms with van der Waals surface area (Å²) in [6.07, 6.45) is 4.11. The Morgan fingerprint density at radius 1 is 1.53 bits per heavy atom. The molecular formula is C11H15N3O. The van der Waals surface area contributed by atoms with Crippen molar-refractivity contribution >= 4 is 11.6 Å². The summed E-state index contributed by atoms with van der Waals surface area (Å²) in [5.74, 6) is -0.0607. The number of carbonyl (C=O) groups is 1. The topological polar surface area (TPSA) is 45.2 Å². The van der Waals surface area contributed by atoms with Gasteiger partial charge in [0.1, 0.15) is 5.69 Å². The molecule has 0 radical (unpaired) electrons. The van der Waals surface area contributed by atoms with E-state index in [1.165, 1.54) is 17.7 Å². The molecule has 0 aliphatic heterocycles. The van der Waals surface area contributed by atoms with E-state index in [2.05, 4.69) is 10.3 Å². The highest BCUT2D eigenvalue weighted by atomic mass is 16.2. The summed E-state index contributed by atoms with van der Waals surface area (Å²) >= 11 is 0. The van der Waals surface area contributed by atoms with Gasteiger partial charge in [0.15, 0.2) is 0 Å². The Bertz CT molecular complexity index is 372. The minimum absolute atomic E-state index is 0.0607. The molecule has 4 nitrogen and oxygen atoms in total. The minimum atomic E-state index is -0.0607. The van der Waals surface area contributed by atoms with E-state index in [0.29, 0.717) is 11.7 Å². The van der Waals surface area contributed by atoms with Gasteiger partial charge in [-0.3, -0.25) is 9.78 Å². The van der Waals surface area contributed by atoms with Crippen LogP contribution in [0.5, 0.6) is 0 Å². The smallest absolute Gasteiger partial charge is 0.272 e. The second-order valence-corrected chi connectivity index (χ2v) is 4.05. The fourth-order valence-electron chi connectivity index (χ4n) is 1.33. The number of nitrogens with one attached hydrogen (secondary N) is 1. The molecule has 0 atom stereocenters. The first-order valence-electron chi connectivity index (χ1n) is 5.11. The lowest BCUT2D eigenvalue weighted by Crippen LogP contribution is -2.22. The van der Waals surface area contributed by atoms with E-state index < -0.39 is 0 Å². The van der Waals surface area contributed by atoms with Crippen molar-refractivity contribution in [2.24, 2.45) is 0 Å². The maximum Gasteiger partial charge on any atom is 0.272 e. The number of aromatic nitrogens is 1. The number of hydrogen-bond acceptors (Lipinski definition) is 3. The van der Waals surface area contributed by atoms with Gasteiger partial charge in [-0.1, -0.05) is 0 Å². The third-order valence-electron chi connectivity index (χ3n) is 2.33. The average molecular weight is 205 g/mol. The monoisotopic (exact) mass is 205 g/mol. The van der Waals surface area contributed by atoms with Crippen molar-refractivity contribution in [3.63, 3.8) is 0 Å². The highest BCUT2D eigenvalue weighted by Gasteiger charge is 2.21. The van der Waals surface area contributed by atoms with Gasteiger partial charge in [0.05, 0.1) is 0 Å². The van der Waals surface area contributed by atoms with Crippen LogP contribution in [-0.4, -0.2) is 35.9 Å². The molecule has 15 heavy (non-hydrogen) atoms. The lowest BCUT2D eigenvalue weighted by molar-refractivity contribution is 0.0822. The third kappa shape index (κ3) is 2.46. The van der Waals surface area contributed by atoms with Crippen LogP contribution >= 0.6 is 0 Å². The van der Waals surface area contributed by atoms with Crippen molar-refractivity contribution in [3.05, 3.63) is 24.0 Å². The number of pyridine rings is 1. The highest BCUT2D eigenvalue weighted by molar-refractivity contribution is 5.92. The summed E-state index contributed by atoms with van der Waals surface area (Å²) in [6.45, 7) is 0. The SMILES string of the molecule is CN(C)C(=O)c1cc(NC2CC2)ccn1. The second-order valence-electron chi connectivity index (χ2n) is 4.05. The van der Waals surface area contributed by atoms with Gasteiger partial charge in [-0.25, -0.2) is 0 Å². The Labute approximate surface area is 89.3 Å². The molecule has 1 aliphatic rings. The van der Waals surface area contributed by atoms with Gasteiger partial charge in [-0.2, -0.15) is 0 Å². The highest BCUT2D eigenvalue weighted by Crippen LogP contribution is 2.24. The predicted octanol–water partition coefficient (Wildman–Crippen LogP) is 1.36. The van der Waals surface area contributed by atoms with Crippen LogP contribution in [0, 0.1) is 0 Å². The van der Waals surface area contributed by atoms with E-state index in [1.54, 1.807) is 26.4 Å². The minimum Gasteiger partial charge on any atom is -0.382 e. The first kappa shape index (κ1) is 9.96. The van der Waals surface area contributed by atoms with E-state index in [4.69, 9.17) is 0 Å². The summed E-state index contributed by atoms with van der Waals surface area (Å²) in [7, 11) is 3.45. The number of carbonyl (C=O) groups excluding carboxylic acids is 1. The first-order chi connectivity index (χ1) is 7.16. The number of anilines is 1. The molecule has 1 amide bonds. The molecule has 4 heteroatoms. The van der Waals surface area contributed by atoms with Crippen molar-refractivity contribution in [2.75, 3.05) is 19.4 Å². The third-order valence-corrected chi connectivity index (χ3v) is 2.33. The van der Waals surface area contributed by atoms with Crippen LogP contribution in [0.4, 0.5) is 5.69 Å². The summed E-state index contributed by atoms with van der Waals surface area (Å²) in [4.78, 5) is 17.2. The Kier molecular flexibility index (Phi) is 2.58. The molecule has 0 unspecified atom stereocenters. The summed E-state index contributed by atoms with van der Waals surface area (Å²) in [6, 6.07) is 4.29. The lowest BCUT2D eigenvalue weighted by atomic mass is 10.3. The van der Waals surface area contributed by atoms with Gasteiger partial charge in [0, 0.05) is 32.0 Å². The molecule has 1 aromatic heterocycles. The largest absolute Gasteiger partial charge is 0.382 e. The van der Waals surface area contributed by atoms with Crippen molar-refractivity contribution in [1.82, 2.24) is 9.88 Å². The zero-order valence-corrected chi connectivity index (χ0v) is 9.03. The van der Waals surface area contributed by atoms with Crippen LogP contribution in [0.15, 0.2) is 18.3 Å². The van der Waals surface area contributed by atoms with Crippen molar-refractivity contribution in [2.45, 2.75) is 18.9 Å². The molecule has 1 N–H and O–H groups in total. The van der Waals surface area contributed by atoms with Crippen LogP contribution in [0.2, 0.25) is 0 Å². The maximum absolute atomic E-state index is 11.6. The van der Waals surface area contributed by atoms with Crippen LogP contribution in [-0.2, 0) is 0 Å². The van der Waals surface area contributed by atoms with E-state index in [-0.39, 0.29) is 5.91 Å². The van der Waals surface area contributed by atoms with Crippen molar-refractivity contribution < 1.29 is 4.79 Å². The molecule has 0 aromatic carbocycles. The van der Waals surface area contributed by atoms with Gasteiger partial charge in [-0.05, 0) is 25.0 Å². The fourth-order valence-corrected chi connectivity index (χ4v) is 1.33. The summed E-state index contributed by atoms with van der Waals surface area (Å²) < 4.78 is 0. The Morgan fingerprint density at radius 2 is 2.27 bits per heavy atom. The molecule has 1 aromatic rings. The summed E-state index contributed by atoms with van der Waals surface area (Å²) in [5, 5.41) is 3.34. The fraction of sp³-hybridized carbons (Fsp3) is 0.455. The standard InChI is InChI=1S/C11H15N3O/c1-14(2)11(15)10-7-9(5-6-12-10)13-8-3-4-8/h5-8H,3-4H2,1-2H3,(H,12,13). The molecule has 0 spiro atoms. The molecule has 1 saturated carbocycles. The molecule has 1 aliphatic carbocycles. The van der Waals surface area contributed by atoms with E-state index in [9.17, 15) is 4.79 Å². The number of amides is 1. The lowest BCUT2D eigenvalue weighted by Gasteiger charge is -2.10. The van der Waals surface area contributed by atoms with Crippen LogP contribution < -0.4 is 5.32 Å². The van der Waals surface area contributed by atoms with Gasteiger partial charge in [0.25, 0.3) is 5.91 Å². The van der Waals surface area contributed by atoms with E-state index in [1.807, 2.05) is 6.07 Å². The van der Waals surface area contributed by atoms with E-state index >= 15 is 0 Å². The predicted molar refractivity (Wildman–Crippen MR) is 58.9 cm³/mol. The van der Waals surface area contributed by atoms with Crippen LogP contribution in [0.25, 0.3) is 0 Å². The summed E-state index contributed by atoms with van der Waals surface area (Å²) in [5.41, 5.74) is 1.48. The van der Waals surface area contributed by atoms with Gasteiger partial charge in [0.2, 0.25) is 0 Å². The molecule has 1 fully saturated rings. The number of hydrogen-bond donors (Lipinski definition) is 1. The quantitative estimate of drug-likeness (QED) is 0.810. The van der Waals surface area contributed by atoms with Crippen LogP contribution in [0.3, 0.4) is 0 Å². The van der Waals surface area contributed by atoms with E-state index in [0.717, 1.165) is 5.69 Å². The Balaban J connectivity index is 2.13. The maximum atomic E-state index is 11.6. The first-order valence-corrected chi connectivity index (χ1v) is 5.11. The van der Waals surface area contributed by atoms with Crippen molar-refractivity contribution in [1.29, 1.82) is 0 Å². The Morgan fingerprint density at radius 3 is 2.87 bits per heavy atom. The second kappa shape index (κ2) is 3.88. The molecule has 0 bridgehead atoms. The van der Waals surface area contributed by atoms with Crippen molar-refractivity contribution in [3.8, 4) is 0 Å². The van der Waals surface area contributed by atoms with Gasteiger partial charge in [-0.15, -0.1) is 0 Å². The zero-order valence-electron chi connectivity index (χ0n) is 9.03. The molecular weight excluding hydrogens is 190 g/mol. The molecule has 2 rings (SSSR count). The normalized spacial score (nSPS) is 14.8. The molecule has 1 heterocycles. The van der Waals surface area contributed by atoms with Gasteiger partial charge >= 0.3 is 0 Å². The van der Waals surface area contributed by atoms with Crippen LogP contribution in [0.1, 0.15) is 23.3 Å². The molecule has 80 valence electrons. The molecule has 0 saturated heterocycles. The average Bonchev–Trinajstić information content (AvgIpc) is 3.01. The Hall–Kier alpha value is -1.58. The van der Waals surface area contributed by atoms with Gasteiger partial charge < -0.3 is 10.2 Å². The number of nitrogens with zero attached hydrogens (tertiary/aromatic N) is 2. The zero-order chi connectivity index (χ0) is 10.8. The number of rotatable bonds is 3.